The van der Waals surface area contributed by atoms with Gasteiger partial charge < -0.3 is 10.4 Å². The molecule has 2 rings (SSSR count). The molecule has 0 heterocycles. The van der Waals surface area contributed by atoms with Gasteiger partial charge in [0.15, 0.2) is 0 Å². The molecule has 0 radical (unpaired) electrons. The first-order chi connectivity index (χ1) is 11.0. The lowest BCUT2D eigenvalue weighted by atomic mass is 9.85. The fourth-order valence-corrected chi connectivity index (χ4v) is 2.54. The van der Waals surface area contributed by atoms with Gasteiger partial charge in [-0.3, -0.25) is 9.59 Å². The molecule has 0 aliphatic carbocycles. The Hall–Kier alpha value is -2.33. The van der Waals surface area contributed by atoms with E-state index in [0.717, 1.165) is 5.56 Å². The van der Waals surface area contributed by atoms with Crippen LogP contribution in [0.5, 0.6) is 0 Å². The van der Waals surface area contributed by atoms with E-state index >= 15 is 0 Å². The van der Waals surface area contributed by atoms with E-state index < -0.39 is 11.9 Å². The molecule has 2 N–H and O–H groups in total. The molecule has 1 amide bonds. The number of amides is 1. The Morgan fingerprint density at radius 1 is 1.09 bits per heavy atom. The molecule has 120 valence electrons. The van der Waals surface area contributed by atoms with Crippen LogP contribution < -0.4 is 5.32 Å². The van der Waals surface area contributed by atoms with Crippen molar-refractivity contribution in [2.24, 2.45) is 5.92 Å². The minimum absolute atomic E-state index is 0.0893. The molecular formula is C18H18ClNO3. The van der Waals surface area contributed by atoms with Crippen molar-refractivity contribution in [1.29, 1.82) is 0 Å². The molecule has 0 saturated heterocycles. The highest BCUT2D eigenvalue weighted by molar-refractivity contribution is 6.30. The highest BCUT2D eigenvalue weighted by atomic mass is 35.5. The van der Waals surface area contributed by atoms with Crippen LogP contribution in [0.1, 0.15) is 24.8 Å². The number of hydrogen-bond acceptors (Lipinski definition) is 2. The molecule has 23 heavy (non-hydrogen) atoms. The predicted octanol–water partition coefficient (Wildman–Crippen LogP) is 4.17. The Bertz CT molecular complexity index is 670. The summed E-state index contributed by atoms with van der Waals surface area (Å²) in [5.74, 6) is -2.36. The second-order valence-electron chi connectivity index (χ2n) is 5.40. The van der Waals surface area contributed by atoms with E-state index in [1.807, 2.05) is 37.3 Å². The van der Waals surface area contributed by atoms with Crippen molar-refractivity contribution >= 4 is 29.2 Å². The van der Waals surface area contributed by atoms with Gasteiger partial charge in [0, 0.05) is 17.1 Å². The highest BCUT2D eigenvalue weighted by Crippen LogP contribution is 2.27. The van der Waals surface area contributed by atoms with E-state index in [-0.39, 0.29) is 18.2 Å². The minimum atomic E-state index is -0.979. The Balaban J connectivity index is 2.05. The number of benzene rings is 2. The molecule has 2 atom stereocenters. The van der Waals surface area contributed by atoms with Crippen LogP contribution in [0.4, 0.5) is 5.69 Å². The second-order valence-corrected chi connectivity index (χ2v) is 5.84. The molecular weight excluding hydrogens is 314 g/mol. The van der Waals surface area contributed by atoms with Crippen LogP contribution in [-0.4, -0.2) is 17.0 Å². The molecule has 0 aliphatic heterocycles. The molecule has 0 unspecified atom stereocenters. The first kappa shape index (κ1) is 17.0. The summed E-state index contributed by atoms with van der Waals surface area (Å²) in [7, 11) is 0. The number of anilines is 1. The zero-order valence-corrected chi connectivity index (χ0v) is 13.5. The van der Waals surface area contributed by atoms with E-state index in [9.17, 15) is 14.7 Å². The van der Waals surface area contributed by atoms with E-state index in [2.05, 4.69) is 5.32 Å². The van der Waals surface area contributed by atoms with Crippen molar-refractivity contribution in [3.8, 4) is 0 Å². The zero-order valence-electron chi connectivity index (χ0n) is 12.7. The Morgan fingerprint density at radius 2 is 1.70 bits per heavy atom. The summed E-state index contributed by atoms with van der Waals surface area (Å²) in [6.45, 7) is 1.82. The van der Waals surface area contributed by atoms with Crippen molar-refractivity contribution in [2.75, 3.05) is 5.32 Å². The maximum Gasteiger partial charge on any atom is 0.307 e. The summed E-state index contributed by atoms with van der Waals surface area (Å²) in [6.07, 6.45) is -0.0893. The lowest BCUT2D eigenvalue weighted by molar-refractivity contribution is -0.144. The third-order valence-corrected chi connectivity index (χ3v) is 4.03. The summed E-state index contributed by atoms with van der Waals surface area (Å²) < 4.78 is 0. The van der Waals surface area contributed by atoms with Crippen LogP contribution >= 0.6 is 11.6 Å². The summed E-state index contributed by atoms with van der Waals surface area (Å²) in [5, 5.41) is 12.7. The summed E-state index contributed by atoms with van der Waals surface area (Å²) in [6, 6.07) is 16.0. The normalized spacial score (nSPS) is 13.1. The van der Waals surface area contributed by atoms with E-state index in [1.165, 1.54) is 0 Å². The van der Waals surface area contributed by atoms with Crippen molar-refractivity contribution in [3.05, 3.63) is 65.2 Å². The second kappa shape index (κ2) is 7.79. The van der Waals surface area contributed by atoms with Gasteiger partial charge >= 0.3 is 5.97 Å². The predicted molar refractivity (Wildman–Crippen MR) is 90.7 cm³/mol. The number of aliphatic carboxylic acids is 1. The van der Waals surface area contributed by atoms with Gasteiger partial charge in [0.05, 0.1) is 5.92 Å². The fraction of sp³-hybridized carbons (Fsp3) is 0.222. The number of halogens is 1. The number of nitrogens with one attached hydrogen (secondary N) is 1. The van der Waals surface area contributed by atoms with Crippen LogP contribution in [0.2, 0.25) is 5.02 Å². The summed E-state index contributed by atoms with van der Waals surface area (Å²) >= 11 is 5.79. The van der Waals surface area contributed by atoms with Gasteiger partial charge in [0.25, 0.3) is 0 Å². The van der Waals surface area contributed by atoms with Crippen LogP contribution in [-0.2, 0) is 9.59 Å². The molecule has 0 fully saturated rings. The quantitative estimate of drug-likeness (QED) is 0.834. The molecule has 0 saturated carbocycles. The van der Waals surface area contributed by atoms with Crippen molar-refractivity contribution in [2.45, 2.75) is 19.3 Å². The average molecular weight is 332 g/mol. The van der Waals surface area contributed by atoms with Gasteiger partial charge in [-0.2, -0.15) is 0 Å². The lowest BCUT2D eigenvalue weighted by Crippen LogP contribution is -2.26. The van der Waals surface area contributed by atoms with Crippen LogP contribution in [0.25, 0.3) is 0 Å². The number of carbonyl (C=O) groups excluding carboxylic acids is 1. The van der Waals surface area contributed by atoms with Crippen molar-refractivity contribution < 1.29 is 14.7 Å². The monoisotopic (exact) mass is 331 g/mol. The number of rotatable bonds is 6. The van der Waals surface area contributed by atoms with Gasteiger partial charge in [-0.1, -0.05) is 48.9 Å². The zero-order chi connectivity index (χ0) is 16.8. The van der Waals surface area contributed by atoms with Crippen LogP contribution in [0.3, 0.4) is 0 Å². The first-order valence-corrected chi connectivity index (χ1v) is 7.68. The standard InChI is InChI=1S/C18H18ClNO3/c1-12(13-5-3-2-4-6-13)16(18(22)23)11-17(21)20-15-9-7-14(19)8-10-15/h2-10,12,16H,11H2,1H3,(H,20,21)(H,22,23)/t12-,16+/m1/s1. The van der Waals surface area contributed by atoms with Crippen molar-refractivity contribution in [1.82, 2.24) is 0 Å². The fourth-order valence-electron chi connectivity index (χ4n) is 2.41. The topological polar surface area (TPSA) is 66.4 Å². The lowest BCUT2D eigenvalue weighted by Gasteiger charge is -2.20. The maximum absolute atomic E-state index is 12.1. The van der Waals surface area contributed by atoms with Gasteiger partial charge in [0.1, 0.15) is 0 Å². The Morgan fingerprint density at radius 3 is 2.26 bits per heavy atom. The Labute approximate surface area is 140 Å². The van der Waals surface area contributed by atoms with E-state index in [1.54, 1.807) is 24.3 Å². The SMILES string of the molecule is C[C@H](c1ccccc1)[C@H](CC(=O)Nc1ccc(Cl)cc1)C(=O)O. The molecule has 5 heteroatoms. The molecule has 2 aromatic carbocycles. The number of carboxylic acids is 1. The molecule has 0 bridgehead atoms. The smallest absolute Gasteiger partial charge is 0.307 e. The minimum Gasteiger partial charge on any atom is -0.481 e. The highest BCUT2D eigenvalue weighted by Gasteiger charge is 2.28. The largest absolute Gasteiger partial charge is 0.481 e. The maximum atomic E-state index is 12.1. The summed E-state index contributed by atoms with van der Waals surface area (Å²) in [5.41, 5.74) is 1.50. The number of carboxylic acid groups (broad SMARTS) is 1. The third-order valence-electron chi connectivity index (χ3n) is 3.78. The van der Waals surface area contributed by atoms with Gasteiger partial charge in [-0.05, 0) is 35.7 Å². The molecule has 0 aromatic heterocycles. The average Bonchev–Trinajstić information content (AvgIpc) is 2.55. The number of carbonyl (C=O) groups is 2. The Kier molecular flexibility index (Phi) is 5.77. The van der Waals surface area contributed by atoms with Gasteiger partial charge in [0.2, 0.25) is 5.91 Å². The van der Waals surface area contributed by atoms with Gasteiger partial charge in [-0.15, -0.1) is 0 Å². The molecule has 2 aromatic rings. The molecule has 0 spiro atoms. The number of hydrogen-bond donors (Lipinski definition) is 2. The first-order valence-electron chi connectivity index (χ1n) is 7.30. The third kappa shape index (κ3) is 4.83. The van der Waals surface area contributed by atoms with Crippen LogP contribution in [0, 0.1) is 5.92 Å². The molecule has 0 aliphatic rings. The van der Waals surface area contributed by atoms with E-state index in [0.29, 0.717) is 10.7 Å². The van der Waals surface area contributed by atoms with Crippen molar-refractivity contribution in [3.63, 3.8) is 0 Å². The van der Waals surface area contributed by atoms with Gasteiger partial charge in [-0.25, -0.2) is 0 Å². The summed E-state index contributed by atoms with van der Waals surface area (Å²) in [4.78, 5) is 23.7. The molecule has 4 nitrogen and oxygen atoms in total. The van der Waals surface area contributed by atoms with Crippen LogP contribution in [0.15, 0.2) is 54.6 Å². The van der Waals surface area contributed by atoms with E-state index in [4.69, 9.17) is 11.6 Å².